The lowest BCUT2D eigenvalue weighted by Crippen LogP contribution is -2.19. The van der Waals surface area contributed by atoms with Gasteiger partial charge in [-0.2, -0.15) is 0 Å². The molecule has 2 heterocycles. The molecule has 0 radical (unpaired) electrons. The van der Waals surface area contributed by atoms with E-state index in [-0.39, 0.29) is 5.56 Å². The van der Waals surface area contributed by atoms with Gasteiger partial charge in [-0.15, -0.1) is 0 Å². The van der Waals surface area contributed by atoms with E-state index in [4.69, 9.17) is 4.74 Å². The smallest absolute Gasteiger partial charge is 0.325 e. The third kappa shape index (κ3) is 4.27. The molecule has 0 unspecified atom stereocenters. The molecule has 1 aliphatic heterocycles. The summed E-state index contributed by atoms with van der Waals surface area (Å²) < 4.78 is 4.94. The van der Waals surface area contributed by atoms with Gasteiger partial charge >= 0.3 is 5.69 Å². The number of nitrogens with one attached hydrogen (secondary N) is 2. The summed E-state index contributed by atoms with van der Waals surface area (Å²) in [6, 6.07) is 1.24. The Kier molecular flexibility index (Phi) is 3.98. The van der Waals surface area contributed by atoms with Crippen LogP contribution in [0.15, 0.2) is 21.9 Å². The molecular formula is C8H12N2O3. The molecule has 1 aromatic rings. The number of hydrogen-bond donors (Lipinski definition) is 2. The second-order valence-electron chi connectivity index (χ2n) is 2.62. The van der Waals surface area contributed by atoms with E-state index in [0.29, 0.717) is 0 Å². The van der Waals surface area contributed by atoms with Crippen LogP contribution in [0.4, 0.5) is 0 Å². The van der Waals surface area contributed by atoms with Crippen LogP contribution in [0.2, 0.25) is 0 Å². The lowest BCUT2D eigenvalue weighted by molar-refractivity contribution is 0.198. The molecule has 13 heavy (non-hydrogen) atoms. The summed E-state index contributed by atoms with van der Waals surface area (Å²) in [4.78, 5) is 24.7. The highest BCUT2D eigenvalue weighted by Gasteiger charge is 1.94. The first-order valence-corrected chi connectivity index (χ1v) is 4.15. The van der Waals surface area contributed by atoms with E-state index in [9.17, 15) is 9.59 Å². The molecule has 0 spiro atoms. The largest absolute Gasteiger partial charge is 0.381 e. The number of rotatable bonds is 0. The highest BCUT2D eigenvalue weighted by Crippen LogP contribution is 1.98. The summed E-state index contributed by atoms with van der Waals surface area (Å²) in [5, 5.41) is 0. The first kappa shape index (κ1) is 9.73. The van der Waals surface area contributed by atoms with Crippen molar-refractivity contribution in [2.24, 2.45) is 0 Å². The van der Waals surface area contributed by atoms with Crippen molar-refractivity contribution in [1.29, 1.82) is 0 Å². The van der Waals surface area contributed by atoms with Crippen molar-refractivity contribution in [2.45, 2.75) is 12.8 Å². The first-order valence-electron chi connectivity index (χ1n) is 4.15. The van der Waals surface area contributed by atoms with Gasteiger partial charge in [0.15, 0.2) is 0 Å². The second kappa shape index (κ2) is 5.31. The fraction of sp³-hybridized carbons (Fsp3) is 0.500. The van der Waals surface area contributed by atoms with Gasteiger partial charge in [0.2, 0.25) is 0 Å². The maximum Gasteiger partial charge on any atom is 0.325 e. The van der Waals surface area contributed by atoms with Crippen LogP contribution in [0.25, 0.3) is 0 Å². The fourth-order valence-corrected chi connectivity index (χ4v) is 0.893. The molecule has 1 fully saturated rings. The van der Waals surface area contributed by atoms with Crippen LogP contribution in [0.1, 0.15) is 12.8 Å². The van der Waals surface area contributed by atoms with E-state index in [1.807, 2.05) is 4.98 Å². The number of ether oxygens (including phenoxy) is 1. The van der Waals surface area contributed by atoms with Crippen molar-refractivity contribution in [2.75, 3.05) is 13.2 Å². The average Bonchev–Trinajstić information content (AvgIpc) is 2.59. The van der Waals surface area contributed by atoms with Gasteiger partial charge in [0, 0.05) is 25.5 Å². The van der Waals surface area contributed by atoms with Crippen LogP contribution in [-0.4, -0.2) is 23.2 Å². The Labute approximate surface area is 74.8 Å². The molecule has 72 valence electrons. The average molecular weight is 184 g/mol. The fourth-order valence-electron chi connectivity index (χ4n) is 0.893. The molecule has 5 heteroatoms. The zero-order chi connectivity index (χ0) is 9.52. The van der Waals surface area contributed by atoms with E-state index in [2.05, 4.69) is 4.98 Å². The van der Waals surface area contributed by atoms with Gasteiger partial charge in [-0.25, -0.2) is 4.79 Å². The Morgan fingerprint density at radius 2 is 1.92 bits per heavy atom. The summed E-state index contributed by atoms with van der Waals surface area (Å²) in [7, 11) is 0. The molecule has 2 rings (SSSR count). The normalized spacial score (nSPS) is 14.8. The van der Waals surface area contributed by atoms with Crippen molar-refractivity contribution >= 4 is 0 Å². The minimum atomic E-state index is -0.475. The van der Waals surface area contributed by atoms with E-state index < -0.39 is 5.69 Å². The zero-order valence-corrected chi connectivity index (χ0v) is 7.21. The van der Waals surface area contributed by atoms with Gasteiger partial charge in [0.25, 0.3) is 5.56 Å². The predicted octanol–water partition coefficient (Wildman–Crippen LogP) is -0.140. The topological polar surface area (TPSA) is 75.0 Å². The van der Waals surface area contributed by atoms with Crippen molar-refractivity contribution in [3.8, 4) is 0 Å². The maximum absolute atomic E-state index is 10.2. The van der Waals surface area contributed by atoms with Gasteiger partial charge in [-0.1, -0.05) is 0 Å². The summed E-state index contributed by atoms with van der Waals surface area (Å²) in [6.45, 7) is 2.00. The molecule has 0 aliphatic carbocycles. The van der Waals surface area contributed by atoms with E-state index in [0.717, 1.165) is 13.2 Å². The molecule has 1 saturated heterocycles. The van der Waals surface area contributed by atoms with Crippen molar-refractivity contribution < 1.29 is 4.74 Å². The third-order valence-corrected chi connectivity index (χ3v) is 1.51. The van der Waals surface area contributed by atoms with Gasteiger partial charge in [0.1, 0.15) is 0 Å². The third-order valence-electron chi connectivity index (χ3n) is 1.51. The molecule has 2 N–H and O–H groups in total. The number of H-pyrrole nitrogens is 2. The van der Waals surface area contributed by atoms with Gasteiger partial charge < -0.3 is 9.72 Å². The van der Waals surface area contributed by atoms with Crippen molar-refractivity contribution in [3.05, 3.63) is 33.1 Å². The SMILES string of the molecule is C1CCOC1.O=c1cc[nH]c(=O)[nH]1. The van der Waals surface area contributed by atoms with Gasteiger partial charge in [-0.3, -0.25) is 9.78 Å². The van der Waals surface area contributed by atoms with E-state index in [1.165, 1.54) is 25.1 Å². The Bertz CT molecular complexity index is 305. The Morgan fingerprint density at radius 1 is 1.23 bits per heavy atom. The molecule has 0 saturated carbocycles. The molecule has 0 amide bonds. The highest BCUT2D eigenvalue weighted by atomic mass is 16.5. The minimum Gasteiger partial charge on any atom is -0.381 e. The zero-order valence-electron chi connectivity index (χ0n) is 7.21. The Balaban J connectivity index is 0.000000145. The number of aromatic amines is 2. The van der Waals surface area contributed by atoms with Crippen molar-refractivity contribution in [3.63, 3.8) is 0 Å². The monoisotopic (exact) mass is 184 g/mol. The number of hydrogen-bond acceptors (Lipinski definition) is 3. The Hall–Kier alpha value is -1.36. The molecule has 0 aromatic carbocycles. The summed E-state index contributed by atoms with van der Waals surface area (Å²) in [5.74, 6) is 0. The van der Waals surface area contributed by atoms with Gasteiger partial charge in [-0.05, 0) is 12.8 Å². The first-order chi connectivity index (χ1) is 6.29. The molecular weight excluding hydrogens is 172 g/mol. The quantitative estimate of drug-likeness (QED) is 0.589. The molecule has 0 atom stereocenters. The van der Waals surface area contributed by atoms with E-state index in [1.54, 1.807) is 0 Å². The van der Waals surface area contributed by atoms with Crippen molar-refractivity contribution in [1.82, 2.24) is 9.97 Å². The van der Waals surface area contributed by atoms with Crippen LogP contribution in [-0.2, 0) is 4.74 Å². The van der Waals surface area contributed by atoms with Crippen LogP contribution in [0.5, 0.6) is 0 Å². The predicted molar refractivity (Wildman–Crippen MR) is 47.7 cm³/mol. The van der Waals surface area contributed by atoms with Crippen LogP contribution in [0.3, 0.4) is 0 Å². The van der Waals surface area contributed by atoms with E-state index >= 15 is 0 Å². The molecule has 1 aromatic heterocycles. The standard InChI is InChI=1S/C4H4N2O2.C4H8O/c7-3-1-2-5-4(8)6-3;1-2-4-5-3-1/h1-2H,(H2,5,6,7,8);1-4H2. The summed E-state index contributed by atoms with van der Waals surface area (Å²) >= 11 is 0. The lowest BCUT2D eigenvalue weighted by atomic mass is 10.4. The lowest BCUT2D eigenvalue weighted by Gasteiger charge is -1.76. The minimum absolute atomic E-state index is 0.381. The Morgan fingerprint density at radius 3 is 2.23 bits per heavy atom. The molecule has 5 nitrogen and oxygen atoms in total. The highest BCUT2D eigenvalue weighted by molar-refractivity contribution is 4.77. The second-order valence-corrected chi connectivity index (χ2v) is 2.62. The molecule has 0 bridgehead atoms. The van der Waals surface area contributed by atoms with Crippen LogP contribution < -0.4 is 11.2 Å². The molecule has 1 aliphatic rings. The van der Waals surface area contributed by atoms with Crippen LogP contribution >= 0.6 is 0 Å². The van der Waals surface area contributed by atoms with Crippen LogP contribution in [0, 0.1) is 0 Å². The maximum atomic E-state index is 10.2. The van der Waals surface area contributed by atoms with Gasteiger partial charge in [0.05, 0.1) is 0 Å². The summed E-state index contributed by atoms with van der Waals surface area (Å²) in [5.41, 5.74) is -0.855. The summed E-state index contributed by atoms with van der Waals surface area (Å²) in [6.07, 6.45) is 3.85. The number of aromatic nitrogens is 2.